The molecule has 2 heterocycles. The van der Waals surface area contributed by atoms with Crippen molar-refractivity contribution >= 4 is 11.9 Å². The molecular formula is C13H17N5O. The molecule has 0 bridgehead atoms. The number of aromatic nitrogens is 3. The lowest BCUT2D eigenvalue weighted by molar-refractivity contribution is 0.122. The van der Waals surface area contributed by atoms with Gasteiger partial charge in [-0.15, -0.1) is 5.10 Å². The van der Waals surface area contributed by atoms with Gasteiger partial charge in [0.2, 0.25) is 11.9 Å². The van der Waals surface area contributed by atoms with Gasteiger partial charge < -0.3 is 15.4 Å². The van der Waals surface area contributed by atoms with Crippen LogP contribution in [-0.4, -0.2) is 41.1 Å². The quantitative estimate of drug-likeness (QED) is 0.880. The van der Waals surface area contributed by atoms with Crippen LogP contribution < -0.4 is 10.6 Å². The summed E-state index contributed by atoms with van der Waals surface area (Å²) in [4.78, 5) is 6.43. The van der Waals surface area contributed by atoms with Gasteiger partial charge in [-0.05, 0) is 5.56 Å². The predicted molar refractivity (Wildman–Crippen MR) is 73.0 cm³/mol. The molecule has 1 saturated heterocycles. The van der Waals surface area contributed by atoms with Crippen LogP contribution in [-0.2, 0) is 11.3 Å². The maximum atomic E-state index is 5.93. The Kier molecular flexibility index (Phi) is 3.33. The number of rotatable bonds is 3. The summed E-state index contributed by atoms with van der Waals surface area (Å²) in [5.41, 5.74) is 7.09. The molecule has 0 spiro atoms. The Morgan fingerprint density at radius 3 is 2.63 bits per heavy atom. The van der Waals surface area contributed by atoms with Gasteiger partial charge in [0.1, 0.15) is 0 Å². The van der Waals surface area contributed by atoms with Crippen LogP contribution in [0.15, 0.2) is 30.3 Å². The number of hydrogen-bond donors (Lipinski definition) is 1. The molecule has 0 unspecified atom stereocenters. The van der Waals surface area contributed by atoms with Crippen molar-refractivity contribution in [2.45, 2.75) is 6.54 Å². The predicted octanol–water partition coefficient (Wildman–Crippen LogP) is 0.745. The lowest BCUT2D eigenvalue weighted by atomic mass is 10.2. The summed E-state index contributed by atoms with van der Waals surface area (Å²) in [6, 6.07) is 10.1. The summed E-state index contributed by atoms with van der Waals surface area (Å²) >= 11 is 0. The van der Waals surface area contributed by atoms with Crippen LogP contribution in [0.4, 0.5) is 11.9 Å². The van der Waals surface area contributed by atoms with E-state index in [-0.39, 0.29) is 0 Å². The SMILES string of the molecule is Nc1nc(N2CCOCC2)nn1Cc1ccccc1. The smallest absolute Gasteiger partial charge is 0.246 e. The minimum atomic E-state index is 0.449. The number of nitrogens with two attached hydrogens (primary N) is 1. The van der Waals surface area contributed by atoms with E-state index in [0.717, 1.165) is 18.7 Å². The zero-order valence-electron chi connectivity index (χ0n) is 10.7. The second kappa shape index (κ2) is 5.27. The van der Waals surface area contributed by atoms with Crippen LogP contribution in [0.25, 0.3) is 0 Å². The molecule has 0 aliphatic carbocycles. The highest BCUT2D eigenvalue weighted by Gasteiger charge is 2.17. The first-order valence-corrected chi connectivity index (χ1v) is 6.40. The van der Waals surface area contributed by atoms with Gasteiger partial charge in [-0.1, -0.05) is 30.3 Å². The van der Waals surface area contributed by atoms with E-state index in [1.807, 2.05) is 18.2 Å². The number of hydrogen-bond acceptors (Lipinski definition) is 5. The third kappa shape index (κ3) is 2.68. The first-order valence-electron chi connectivity index (χ1n) is 6.40. The number of benzene rings is 1. The van der Waals surface area contributed by atoms with E-state index in [1.165, 1.54) is 0 Å². The zero-order valence-corrected chi connectivity index (χ0v) is 10.7. The van der Waals surface area contributed by atoms with Gasteiger partial charge in [-0.3, -0.25) is 0 Å². The number of ether oxygens (including phenoxy) is 1. The molecule has 6 nitrogen and oxygen atoms in total. The van der Waals surface area contributed by atoms with Crippen molar-refractivity contribution in [1.29, 1.82) is 0 Å². The number of nitrogens with zero attached hydrogens (tertiary/aromatic N) is 4. The van der Waals surface area contributed by atoms with Crippen molar-refractivity contribution in [1.82, 2.24) is 14.8 Å². The lowest BCUT2D eigenvalue weighted by Gasteiger charge is -2.25. The molecule has 100 valence electrons. The Balaban J connectivity index is 1.77. The molecule has 2 N–H and O–H groups in total. The van der Waals surface area contributed by atoms with E-state index >= 15 is 0 Å². The largest absolute Gasteiger partial charge is 0.378 e. The number of nitrogen functional groups attached to an aromatic ring is 1. The Morgan fingerprint density at radius 1 is 1.16 bits per heavy atom. The standard InChI is InChI=1S/C13H17N5O/c14-12-15-13(17-6-8-19-9-7-17)16-18(12)10-11-4-2-1-3-5-11/h1-5H,6-10H2,(H2,14,15,16). The molecule has 0 radical (unpaired) electrons. The van der Waals surface area contributed by atoms with Gasteiger partial charge in [0.15, 0.2) is 0 Å². The fourth-order valence-corrected chi connectivity index (χ4v) is 2.11. The second-order valence-corrected chi connectivity index (χ2v) is 4.51. The van der Waals surface area contributed by atoms with E-state index in [9.17, 15) is 0 Å². The average molecular weight is 259 g/mol. The molecule has 1 aliphatic rings. The van der Waals surface area contributed by atoms with Crippen LogP contribution in [0.1, 0.15) is 5.56 Å². The molecule has 0 amide bonds. The third-order valence-corrected chi connectivity index (χ3v) is 3.16. The molecule has 3 rings (SSSR count). The van der Waals surface area contributed by atoms with E-state index in [4.69, 9.17) is 10.5 Å². The minimum Gasteiger partial charge on any atom is -0.378 e. The van der Waals surface area contributed by atoms with Gasteiger partial charge in [0, 0.05) is 13.1 Å². The van der Waals surface area contributed by atoms with Crippen molar-refractivity contribution in [2.24, 2.45) is 0 Å². The fraction of sp³-hybridized carbons (Fsp3) is 0.385. The summed E-state index contributed by atoms with van der Waals surface area (Å²) in [6.45, 7) is 3.70. The van der Waals surface area contributed by atoms with Gasteiger partial charge in [-0.2, -0.15) is 4.98 Å². The average Bonchev–Trinajstić information content (AvgIpc) is 2.82. The second-order valence-electron chi connectivity index (χ2n) is 4.51. The number of morpholine rings is 1. The van der Waals surface area contributed by atoms with E-state index in [2.05, 4.69) is 27.1 Å². The molecule has 0 atom stereocenters. The van der Waals surface area contributed by atoms with Gasteiger partial charge in [0.05, 0.1) is 19.8 Å². The molecule has 1 aliphatic heterocycles. The Labute approximate surface area is 111 Å². The Morgan fingerprint density at radius 2 is 1.89 bits per heavy atom. The number of anilines is 2. The summed E-state index contributed by atoms with van der Waals surface area (Å²) in [6.07, 6.45) is 0. The topological polar surface area (TPSA) is 69.2 Å². The third-order valence-electron chi connectivity index (χ3n) is 3.16. The highest BCUT2D eigenvalue weighted by Crippen LogP contribution is 2.14. The van der Waals surface area contributed by atoms with Gasteiger partial charge in [-0.25, -0.2) is 4.68 Å². The molecule has 0 saturated carbocycles. The van der Waals surface area contributed by atoms with E-state index in [1.54, 1.807) is 4.68 Å². The molecule has 1 aromatic heterocycles. The van der Waals surface area contributed by atoms with E-state index < -0.39 is 0 Å². The highest BCUT2D eigenvalue weighted by atomic mass is 16.5. The zero-order chi connectivity index (χ0) is 13.1. The van der Waals surface area contributed by atoms with Crippen LogP contribution in [0.5, 0.6) is 0 Å². The van der Waals surface area contributed by atoms with Crippen molar-refractivity contribution in [3.63, 3.8) is 0 Å². The maximum absolute atomic E-state index is 5.93. The van der Waals surface area contributed by atoms with Crippen LogP contribution in [0.3, 0.4) is 0 Å². The summed E-state index contributed by atoms with van der Waals surface area (Å²) in [5.74, 6) is 1.14. The summed E-state index contributed by atoms with van der Waals surface area (Å²) < 4.78 is 7.05. The molecular weight excluding hydrogens is 242 g/mol. The molecule has 2 aromatic rings. The fourth-order valence-electron chi connectivity index (χ4n) is 2.11. The van der Waals surface area contributed by atoms with Crippen molar-refractivity contribution in [3.05, 3.63) is 35.9 Å². The molecule has 19 heavy (non-hydrogen) atoms. The van der Waals surface area contributed by atoms with Gasteiger partial charge >= 0.3 is 0 Å². The summed E-state index contributed by atoms with van der Waals surface area (Å²) in [5, 5.41) is 4.48. The van der Waals surface area contributed by atoms with Crippen molar-refractivity contribution < 1.29 is 4.74 Å². The monoisotopic (exact) mass is 259 g/mol. The Bertz CT molecular complexity index is 533. The van der Waals surface area contributed by atoms with Gasteiger partial charge in [0.25, 0.3) is 0 Å². The van der Waals surface area contributed by atoms with Crippen molar-refractivity contribution in [2.75, 3.05) is 36.9 Å². The van der Waals surface area contributed by atoms with E-state index in [0.29, 0.717) is 31.7 Å². The van der Waals surface area contributed by atoms with Crippen LogP contribution in [0.2, 0.25) is 0 Å². The highest BCUT2D eigenvalue weighted by molar-refractivity contribution is 5.36. The Hall–Kier alpha value is -2.08. The summed E-state index contributed by atoms with van der Waals surface area (Å²) in [7, 11) is 0. The minimum absolute atomic E-state index is 0.449. The maximum Gasteiger partial charge on any atom is 0.246 e. The van der Waals surface area contributed by atoms with Crippen molar-refractivity contribution in [3.8, 4) is 0 Å². The van der Waals surface area contributed by atoms with Crippen LogP contribution >= 0.6 is 0 Å². The van der Waals surface area contributed by atoms with Crippen LogP contribution in [0, 0.1) is 0 Å². The normalized spacial score (nSPS) is 15.7. The first-order chi connectivity index (χ1) is 9.33. The molecule has 6 heteroatoms. The lowest BCUT2D eigenvalue weighted by Crippen LogP contribution is -2.37. The first kappa shape index (κ1) is 12.0. The molecule has 1 fully saturated rings. The molecule has 1 aromatic carbocycles.